The third kappa shape index (κ3) is 5.13. The molecule has 0 spiro atoms. The normalized spacial score (nSPS) is 12.7. The third-order valence-electron chi connectivity index (χ3n) is 4.54. The number of rotatable bonds is 6. The van der Waals surface area contributed by atoms with Gasteiger partial charge < -0.3 is 10.6 Å². The van der Waals surface area contributed by atoms with E-state index in [1.165, 1.54) is 6.20 Å². The van der Waals surface area contributed by atoms with Crippen LogP contribution in [0.1, 0.15) is 35.6 Å². The van der Waals surface area contributed by atoms with Crippen LogP contribution in [0.2, 0.25) is 5.02 Å². The molecule has 2 aromatic heterocycles. The summed E-state index contributed by atoms with van der Waals surface area (Å²) in [5.41, 5.74) is -1.04. The van der Waals surface area contributed by atoms with Crippen molar-refractivity contribution in [3.8, 4) is 0 Å². The van der Waals surface area contributed by atoms with Crippen LogP contribution in [0.4, 0.5) is 13.2 Å². The first kappa shape index (κ1) is 22.5. The molecule has 0 aliphatic rings. The van der Waals surface area contributed by atoms with Gasteiger partial charge in [-0.15, -0.1) is 10.2 Å². The van der Waals surface area contributed by atoms with Crippen molar-refractivity contribution in [3.63, 3.8) is 0 Å². The average Bonchev–Trinajstić information content (AvgIpc) is 3.11. The molecule has 7 nitrogen and oxygen atoms in total. The van der Waals surface area contributed by atoms with E-state index in [-0.39, 0.29) is 23.3 Å². The molecule has 0 aliphatic heterocycles. The number of nitrogens with one attached hydrogen (secondary N) is 2. The van der Waals surface area contributed by atoms with Crippen molar-refractivity contribution in [2.45, 2.75) is 32.6 Å². The second-order valence-electron chi connectivity index (χ2n) is 7.16. The summed E-state index contributed by atoms with van der Waals surface area (Å²) in [4.78, 5) is 25.1. The molecule has 31 heavy (non-hydrogen) atoms. The van der Waals surface area contributed by atoms with Gasteiger partial charge in [0.15, 0.2) is 11.5 Å². The van der Waals surface area contributed by atoms with E-state index in [0.29, 0.717) is 5.56 Å². The number of alkyl halides is 3. The zero-order chi connectivity index (χ0) is 22.8. The van der Waals surface area contributed by atoms with E-state index >= 15 is 0 Å². The smallest absolute Gasteiger partial charge is 0.347 e. The van der Waals surface area contributed by atoms with Crippen LogP contribution in [-0.4, -0.2) is 32.5 Å². The first-order chi connectivity index (χ1) is 14.6. The first-order valence-corrected chi connectivity index (χ1v) is 9.69. The number of hydrogen-bond acceptors (Lipinski definition) is 4. The minimum absolute atomic E-state index is 0.0632. The minimum atomic E-state index is -4.66. The summed E-state index contributed by atoms with van der Waals surface area (Å²) in [5.74, 6) is -1.10. The minimum Gasteiger partial charge on any atom is -0.347 e. The van der Waals surface area contributed by atoms with Gasteiger partial charge in [0.25, 0.3) is 5.91 Å². The summed E-state index contributed by atoms with van der Waals surface area (Å²) in [6.07, 6.45) is -3.42. The Labute approximate surface area is 180 Å². The standard InChI is InChI=1S/C20H19ClF3N5O2/c1-11(2)16(26-18(30)12-6-4-3-5-7-12)19(31)25-9-15-27-28-17-14(20(22,23)24)8-13(21)10-29(15)17/h3-8,10-11,16H,9H2,1-2H3,(H,25,31)(H,26,30)/t16-/m1/s1. The molecule has 0 saturated heterocycles. The van der Waals surface area contributed by atoms with Gasteiger partial charge in [0, 0.05) is 11.8 Å². The lowest BCUT2D eigenvalue weighted by atomic mass is 10.0. The van der Waals surface area contributed by atoms with Crippen molar-refractivity contribution in [3.05, 3.63) is 64.6 Å². The van der Waals surface area contributed by atoms with Gasteiger partial charge in [-0.3, -0.25) is 14.0 Å². The Morgan fingerprint density at radius 3 is 2.45 bits per heavy atom. The maximum atomic E-state index is 13.2. The Bertz CT molecular complexity index is 1100. The van der Waals surface area contributed by atoms with Gasteiger partial charge in [0.2, 0.25) is 5.91 Å². The molecule has 11 heteroatoms. The van der Waals surface area contributed by atoms with Crippen LogP contribution < -0.4 is 10.6 Å². The molecule has 0 unspecified atom stereocenters. The van der Waals surface area contributed by atoms with Gasteiger partial charge in [-0.05, 0) is 24.1 Å². The monoisotopic (exact) mass is 453 g/mol. The number of fused-ring (bicyclic) bond motifs is 1. The number of benzene rings is 1. The molecule has 0 aliphatic carbocycles. The van der Waals surface area contributed by atoms with Crippen molar-refractivity contribution < 1.29 is 22.8 Å². The number of carbonyl (C=O) groups is 2. The summed E-state index contributed by atoms with van der Waals surface area (Å²) in [6.45, 7) is 3.32. The second-order valence-corrected chi connectivity index (χ2v) is 7.60. The molecule has 1 atom stereocenters. The van der Waals surface area contributed by atoms with E-state index < -0.39 is 35.2 Å². The van der Waals surface area contributed by atoms with E-state index in [0.717, 1.165) is 10.5 Å². The van der Waals surface area contributed by atoms with Crippen molar-refractivity contribution >= 4 is 29.1 Å². The SMILES string of the molecule is CC(C)[C@@H](NC(=O)c1ccccc1)C(=O)NCc1nnc2c(C(F)(F)F)cc(Cl)cn12. The number of pyridine rings is 1. The summed E-state index contributed by atoms with van der Waals surface area (Å²) in [5, 5.41) is 12.4. The van der Waals surface area contributed by atoms with Crippen LogP contribution in [0.15, 0.2) is 42.6 Å². The van der Waals surface area contributed by atoms with Gasteiger partial charge in [0.1, 0.15) is 11.6 Å². The van der Waals surface area contributed by atoms with Crippen LogP contribution in [0.5, 0.6) is 0 Å². The number of amides is 2. The van der Waals surface area contributed by atoms with Crippen LogP contribution in [0.25, 0.3) is 5.65 Å². The highest BCUT2D eigenvalue weighted by Gasteiger charge is 2.35. The number of halogens is 4. The quantitative estimate of drug-likeness (QED) is 0.598. The highest BCUT2D eigenvalue weighted by Crippen LogP contribution is 2.33. The molecule has 0 saturated carbocycles. The van der Waals surface area contributed by atoms with Crippen LogP contribution >= 0.6 is 11.6 Å². The Morgan fingerprint density at radius 2 is 1.84 bits per heavy atom. The Morgan fingerprint density at radius 1 is 1.16 bits per heavy atom. The fourth-order valence-electron chi connectivity index (χ4n) is 2.96. The van der Waals surface area contributed by atoms with Crippen molar-refractivity contribution in [2.24, 2.45) is 5.92 Å². The third-order valence-corrected chi connectivity index (χ3v) is 4.75. The van der Waals surface area contributed by atoms with Gasteiger partial charge in [0.05, 0.1) is 11.6 Å². The highest BCUT2D eigenvalue weighted by atomic mass is 35.5. The molecule has 1 aromatic carbocycles. The molecular weight excluding hydrogens is 435 g/mol. The van der Waals surface area contributed by atoms with E-state index in [4.69, 9.17) is 11.6 Å². The fraction of sp³-hybridized carbons (Fsp3) is 0.300. The Hall–Kier alpha value is -3.14. The molecular formula is C20H19ClF3N5O2. The second kappa shape index (κ2) is 8.93. The number of hydrogen-bond donors (Lipinski definition) is 2. The molecule has 0 bridgehead atoms. The van der Waals surface area contributed by atoms with Gasteiger partial charge >= 0.3 is 6.18 Å². The Kier molecular flexibility index (Phi) is 6.49. The van der Waals surface area contributed by atoms with Crippen molar-refractivity contribution in [1.29, 1.82) is 0 Å². The van der Waals surface area contributed by atoms with Crippen LogP contribution in [0.3, 0.4) is 0 Å². The first-order valence-electron chi connectivity index (χ1n) is 9.32. The van der Waals surface area contributed by atoms with Crippen molar-refractivity contribution in [2.75, 3.05) is 0 Å². The van der Waals surface area contributed by atoms with Crippen LogP contribution in [-0.2, 0) is 17.5 Å². The lowest BCUT2D eigenvalue weighted by Gasteiger charge is -2.21. The highest BCUT2D eigenvalue weighted by molar-refractivity contribution is 6.30. The van der Waals surface area contributed by atoms with E-state index in [2.05, 4.69) is 20.8 Å². The lowest BCUT2D eigenvalue weighted by molar-refractivity contribution is -0.136. The molecule has 2 N–H and O–H groups in total. The molecule has 0 fully saturated rings. The predicted molar refractivity (Wildman–Crippen MR) is 107 cm³/mol. The fourth-order valence-corrected chi connectivity index (χ4v) is 3.17. The zero-order valence-electron chi connectivity index (χ0n) is 16.6. The van der Waals surface area contributed by atoms with Gasteiger partial charge in [-0.25, -0.2) is 0 Å². The largest absolute Gasteiger partial charge is 0.420 e. The summed E-state index contributed by atoms with van der Waals surface area (Å²) < 4.78 is 40.8. The van der Waals surface area contributed by atoms with Crippen molar-refractivity contribution in [1.82, 2.24) is 25.2 Å². The van der Waals surface area contributed by atoms with E-state index in [9.17, 15) is 22.8 Å². The molecule has 2 heterocycles. The molecule has 2 amide bonds. The number of aromatic nitrogens is 3. The summed E-state index contributed by atoms with van der Waals surface area (Å²) in [6, 6.07) is 8.32. The molecule has 3 rings (SSSR count). The zero-order valence-corrected chi connectivity index (χ0v) is 17.3. The molecule has 0 radical (unpaired) electrons. The van der Waals surface area contributed by atoms with Crippen LogP contribution in [0, 0.1) is 5.92 Å². The topological polar surface area (TPSA) is 88.4 Å². The molecule has 164 valence electrons. The molecule has 3 aromatic rings. The Balaban J connectivity index is 1.76. The van der Waals surface area contributed by atoms with E-state index in [1.54, 1.807) is 44.2 Å². The van der Waals surface area contributed by atoms with Gasteiger partial charge in [-0.1, -0.05) is 43.6 Å². The summed E-state index contributed by atoms with van der Waals surface area (Å²) in [7, 11) is 0. The summed E-state index contributed by atoms with van der Waals surface area (Å²) >= 11 is 5.82. The van der Waals surface area contributed by atoms with E-state index in [1.807, 2.05) is 0 Å². The number of carbonyl (C=O) groups excluding carboxylic acids is 2. The lowest BCUT2D eigenvalue weighted by Crippen LogP contribution is -2.49. The van der Waals surface area contributed by atoms with Gasteiger partial charge in [-0.2, -0.15) is 13.2 Å². The maximum Gasteiger partial charge on any atom is 0.420 e. The maximum absolute atomic E-state index is 13.2. The predicted octanol–water partition coefficient (Wildman–Crippen LogP) is 3.47. The number of nitrogens with zero attached hydrogens (tertiary/aromatic N) is 3. The average molecular weight is 454 g/mol.